The zero-order chi connectivity index (χ0) is 14.2. The highest BCUT2D eigenvalue weighted by atomic mass is 16.3. The summed E-state index contributed by atoms with van der Waals surface area (Å²) in [5.74, 6) is 0. The van der Waals surface area contributed by atoms with E-state index in [2.05, 4.69) is 22.8 Å². The summed E-state index contributed by atoms with van der Waals surface area (Å²) >= 11 is 0. The molecule has 0 bridgehead atoms. The first-order valence-corrected chi connectivity index (χ1v) is 6.91. The Labute approximate surface area is 122 Å². The standard InChI is InChI=1S/C18H13N2O/c19-11-18-15-5-2-1-4-13(15)10-17-16(6-3-8-20(17)18)14-7-9-21-12-14/h1-9,12,18H,10H2/q+1. The minimum atomic E-state index is -0.267. The van der Waals surface area contributed by atoms with E-state index in [1.54, 1.807) is 12.5 Å². The maximum Gasteiger partial charge on any atom is 0.269 e. The molecule has 21 heavy (non-hydrogen) atoms. The molecule has 0 fully saturated rings. The van der Waals surface area contributed by atoms with Gasteiger partial charge >= 0.3 is 0 Å². The maximum absolute atomic E-state index is 9.62. The molecule has 3 nitrogen and oxygen atoms in total. The number of pyridine rings is 1. The Morgan fingerprint density at radius 1 is 1.14 bits per heavy atom. The minimum absolute atomic E-state index is 0.267. The van der Waals surface area contributed by atoms with E-state index >= 15 is 0 Å². The number of aromatic nitrogens is 1. The van der Waals surface area contributed by atoms with E-state index in [9.17, 15) is 5.26 Å². The van der Waals surface area contributed by atoms with Gasteiger partial charge in [-0.05, 0) is 17.7 Å². The van der Waals surface area contributed by atoms with Crippen molar-refractivity contribution in [1.29, 1.82) is 5.26 Å². The second-order valence-corrected chi connectivity index (χ2v) is 5.20. The van der Waals surface area contributed by atoms with E-state index in [1.165, 1.54) is 5.56 Å². The van der Waals surface area contributed by atoms with Crippen LogP contribution in [0.4, 0.5) is 0 Å². The first-order chi connectivity index (χ1) is 10.4. The molecule has 0 spiro atoms. The molecule has 1 aliphatic rings. The molecule has 0 radical (unpaired) electrons. The van der Waals surface area contributed by atoms with Crippen LogP contribution in [-0.4, -0.2) is 0 Å². The summed E-state index contributed by atoms with van der Waals surface area (Å²) in [5.41, 5.74) is 5.66. The molecule has 3 aromatic rings. The number of benzene rings is 1. The zero-order valence-corrected chi connectivity index (χ0v) is 11.4. The maximum atomic E-state index is 9.62. The predicted octanol–water partition coefficient (Wildman–Crippen LogP) is 3.25. The number of fused-ring (bicyclic) bond motifs is 2. The summed E-state index contributed by atoms with van der Waals surface area (Å²) in [5, 5.41) is 9.62. The zero-order valence-electron chi connectivity index (χ0n) is 11.4. The van der Waals surface area contributed by atoms with E-state index in [4.69, 9.17) is 4.42 Å². The highest BCUT2D eigenvalue weighted by Crippen LogP contribution is 2.30. The second-order valence-electron chi connectivity index (χ2n) is 5.20. The van der Waals surface area contributed by atoms with Gasteiger partial charge < -0.3 is 4.42 Å². The molecule has 1 aliphatic heterocycles. The Balaban J connectivity index is 1.96. The molecule has 2 aromatic heterocycles. The smallest absolute Gasteiger partial charge is 0.269 e. The van der Waals surface area contributed by atoms with Gasteiger partial charge in [-0.2, -0.15) is 9.83 Å². The quantitative estimate of drug-likeness (QED) is 0.639. The van der Waals surface area contributed by atoms with Gasteiger partial charge in [-0.15, -0.1) is 0 Å². The van der Waals surface area contributed by atoms with Crippen LogP contribution in [0.5, 0.6) is 0 Å². The molecule has 1 unspecified atom stereocenters. The van der Waals surface area contributed by atoms with Gasteiger partial charge in [-0.1, -0.05) is 24.3 Å². The lowest BCUT2D eigenvalue weighted by atomic mass is 9.90. The third-order valence-corrected chi connectivity index (χ3v) is 4.07. The fraction of sp³-hybridized carbons (Fsp3) is 0.111. The van der Waals surface area contributed by atoms with Crippen LogP contribution in [0.1, 0.15) is 22.9 Å². The lowest BCUT2D eigenvalue weighted by molar-refractivity contribution is -0.709. The van der Waals surface area contributed by atoms with Gasteiger partial charge in [0, 0.05) is 17.2 Å². The Morgan fingerprint density at radius 3 is 2.86 bits per heavy atom. The molecule has 100 valence electrons. The highest BCUT2D eigenvalue weighted by Gasteiger charge is 2.33. The molecule has 1 aromatic carbocycles. The number of furan rings is 1. The van der Waals surface area contributed by atoms with Crippen molar-refractivity contribution in [3.8, 4) is 17.2 Å². The van der Waals surface area contributed by atoms with Crippen molar-refractivity contribution in [2.45, 2.75) is 12.5 Å². The van der Waals surface area contributed by atoms with Crippen LogP contribution in [0.25, 0.3) is 11.1 Å². The topological polar surface area (TPSA) is 40.8 Å². The van der Waals surface area contributed by atoms with Crippen LogP contribution in [0.15, 0.2) is 65.6 Å². The third-order valence-electron chi connectivity index (χ3n) is 4.07. The summed E-state index contributed by atoms with van der Waals surface area (Å²) in [6, 6.07) is 16.4. The SMILES string of the molecule is N#CC1c2ccccc2Cc2c(-c3ccoc3)ccc[n+]21. The normalized spacial score (nSPS) is 15.9. The molecule has 0 N–H and O–H groups in total. The number of hydrogen-bond acceptors (Lipinski definition) is 2. The summed E-state index contributed by atoms with van der Waals surface area (Å²) in [6.07, 6.45) is 6.24. The van der Waals surface area contributed by atoms with Crippen molar-refractivity contribution in [3.05, 3.63) is 78.0 Å². The fourth-order valence-corrected chi connectivity index (χ4v) is 3.09. The number of nitriles is 1. The average molecular weight is 273 g/mol. The van der Waals surface area contributed by atoms with Crippen molar-refractivity contribution in [1.82, 2.24) is 0 Å². The molecule has 3 heterocycles. The lowest BCUT2D eigenvalue weighted by Crippen LogP contribution is -2.46. The van der Waals surface area contributed by atoms with Crippen LogP contribution in [0, 0.1) is 11.3 Å². The van der Waals surface area contributed by atoms with E-state index < -0.39 is 0 Å². The molecule has 0 amide bonds. The van der Waals surface area contributed by atoms with Gasteiger partial charge in [-0.25, -0.2) is 0 Å². The van der Waals surface area contributed by atoms with Crippen LogP contribution < -0.4 is 4.57 Å². The van der Waals surface area contributed by atoms with Gasteiger partial charge in [0.05, 0.1) is 24.5 Å². The highest BCUT2D eigenvalue weighted by molar-refractivity contribution is 5.64. The third kappa shape index (κ3) is 1.77. The summed E-state index contributed by atoms with van der Waals surface area (Å²) in [4.78, 5) is 0. The van der Waals surface area contributed by atoms with Crippen LogP contribution in [0.2, 0.25) is 0 Å². The largest absolute Gasteiger partial charge is 0.472 e. The number of nitrogens with zero attached hydrogens (tertiary/aromatic N) is 2. The van der Waals surface area contributed by atoms with Crippen LogP contribution >= 0.6 is 0 Å². The van der Waals surface area contributed by atoms with Crippen molar-refractivity contribution >= 4 is 0 Å². The van der Waals surface area contributed by atoms with E-state index in [-0.39, 0.29) is 6.04 Å². The van der Waals surface area contributed by atoms with Crippen LogP contribution in [0.3, 0.4) is 0 Å². The van der Waals surface area contributed by atoms with E-state index in [1.807, 2.05) is 36.5 Å². The molecule has 1 atom stereocenters. The first-order valence-electron chi connectivity index (χ1n) is 6.91. The van der Waals surface area contributed by atoms with E-state index in [0.717, 1.165) is 28.8 Å². The van der Waals surface area contributed by atoms with Gasteiger partial charge in [0.1, 0.15) is 6.07 Å². The monoisotopic (exact) mass is 273 g/mol. The molecular weight excluding hydrogens is 260 g/mol. The second kappa shape index (κ2) is 4.60. The lowest BCUT2D eigenvalue weighted by Gasteiger charge is -2.20. The Bertz CT molecular complexity index is 844. The molecular formula is C18H13N2O+. The summed E-state index contributed by atoms with van der Waals surface area (Å²) in [6.45, 7) is 0. The average Bonchev–Trinajstić information content (AvgIpc) is 3.06. The molecule has 0 saturated heterocycles. The predicted molar refractivity (Wildman–Crippen MR) is 77.3 cm³/mol. The van der Waals surface area contributed by atoms with E-state index in [0.29, 0.717) is 0 Å². The molecule has 4 rings (SSSR count). The molecule has 0 aliphatic carbocycles. The Morgan fingerprint density at radius 2 is 2.05 bits per heavy atom. The number of hydrogen-bond donors (Lipinski definition) is 0. The van der Waals surface area contributed by atoms with Gasteiger partial charge in [-0.3, -0.25) is 0 Å². The van der Waals surface area contributed by atoms with Gasteiger partial charge in [0.2, 0.25) is 0 Å². The van der Waals surface area contributed by atoms with Crippen molar-refractivity contribution in [2.24, 2.45) is 0 Å². The molecule has 3 heteroatoms. The Hall–Kier alpha value is -2.86. The van der Waals surface area contributed by atoms with Gasteiger partial charge in [0.25, 0.3) is 6.04 Å². The first kappa shape index (κ1) is 11.9. The Kier molecular flexibility index (Phi) is 2.61. The summed E-state index contributed by atoms with van der Waals surface area (Å²) in [7, 11) is 0. The van der Waals surface area contributed by atoms with Gasteiger partial charge in [0.15, 0.2) is 11.9 Å². The van der Waals surface area contributed by atoms with Crippen molar-refractivity contribution in [2.75, 3.05) is 0 Å². The minimum Gasteiger partial charge on any atom is -0.472 e. The number of rotatable bonds is 1. The molecule has 0 saturated carbocycles. The fourth-order valence-electron chi connectivity index (χ4n) is 3.09. The summed E-state index contributed by atoms with van der Waals surface area (Å²) < 4.78 is 7.28. The van der Waals surface area contributed by atoms with Crippen molar-refractivity contribution in [3.63, 3.8) is 0 Å². The van der Waals surface area contributed by atoms with Crippen molar-refractivity contribution < 1.29 is 8.98 Å². The van der Waals surface area contributed by atoms with Crippen LogP contribution in [-0.2, 0) is 6.42 Å².